The van der Waals surface area contributed by atoms with Crippen molar-refractivity contribution in [3.05, 3.63) is 123 Å². The van der Waals surface area contributed by atoms with Crippen LogP contribution in [0, 0.1) is 32.1 Å². The third kappa shape index (κ3) is 5.67. The lowest BCUT2D eigenvalue weighted by Crippen LogP contribution is -1.94. The number of aromatic nitrogens is 3. The topological polar surface area (TPSA) is 154 Å². The van der Waals surface area contributed by atoms with Crippen molar-refractivity contribution in [2.45, 2.75) is 0 Å². The fourth-order valence-corrected chi connectivity index (χ4v) is 3.23. The summed E-state index contributed by atoms with van der Waals surface area (Å²) in [5.41, 5.74) is 9.72. The Hall–Kier alpha value is -5.56. The van der Waals surface area contributed by atoms with Crippen LogP contribution in [0.5, 0.6) is 0 Å². The molecule has 3 aromatic heterocycles. The highest BCUT2D eigenvalue weighted by atomic mass is 16.6. The van der Waals surface area contributed by atoms with Crippen LogP contribution in [-0.4, -0.2) is 24.8 Å². The molecule has 0 fully saturated rings. The van der Waals surface area contributed by atoms with E-state index in [1.54, 1.807) is 36.7 Å². The van der Waals surface area contributed by atoms with E-state index < -0.39 is 9.85 Å². The van der Waals surface area contributed by atoms with Gasteiger partial charge in [-0.15, -0.1) is 0 Å². The predicted octanol–water partition coefficient (Wildman–Crippen LogP) is 5.11. The summed E-state index contributed by atoms with van der Waals surface area (Å²) in [5.74, 6) is 5.59. The summed E-state index contributed by atoms with van der Waals surface area (Å²) in [6, 6.07) is 21.8. The minimum atomic E-state index is -0.481. The molecule has 176 valence electrons. The zero-order valence-corrected chi connectivity index (χ0v) is 18.7. The first-order chi connectivity index (χ1) is 17.4. The highest BCUT2D eigenvalue weighted by Gasteiger charge is 2.10. The molecule has 0 saturated heterocycles. The Balaban J connectivity index is 0.000000169. The number of nitro groups is 2. The van der Waals surface area contributed by atoms with Crippen LogP contribution in [0.15, 0.2) is 91.3 Å². The Morgan fingerprint density at radius 3 is 2.14 bits per heavy atom. The van der Waals surface area contributed by atoms with Crippen molar-refractivity contribution in [2.75, 3.05) is 5.73 Å². The maximum atomic E-state index is 10.7. The largest absolute Gasteiger partial charge is 0.398 e. The molecule has 3 heterocycles. The Labute approximate surface area is 204 Å². The summed E-state index contributed by atoms with van der Waals surface area (Å²) in [7, 11) is 0. The zero-order chi connectivity index (χ0) is 25.5. The third-order valence-corrected chi connectivity index (χ3v) is 4.99. The number of anilines is 1. The third-order valence-electron chi connectivity index (χ3n) is 4.99. The molecule has 0 atom stereocenters. The SMILES string of the molecule is Nc1ccc([N+](=O)[O-])cc1C#Cc1ccccn1.O=[N+]([O-])c1ccc2[nH]c(-c3ccccn3)cc2c1. The summed E-state index contributed by atoms with van der Waals surface area (Å²) in [6.07, 6.45) is 3.34. The van der Waals surface area contributed by atoms with Crippen molar-refractivity contribution < 1.29 is 9.85 Å². The molecule has 0 spiro atoms. The van der Waals surface area contributed by atoms with Gasteiger partial charge in [-0.1, -0.05) is 18.1 Å². The van der Waals surface area contributed by atoms with E-state index in [1.165, 1.54) is 24.3 Å². The second-order valence-corrected chi connectivity index (χ2v) is 7.42. The van der Waals surface area contributed by atoms with E-state index in [9.17, 15) is 20.2 Å². The van der Waals surface area contributed by atoms with Gasteiger partial charge in [0.15, 0.2) is 0 Å². The van der Waals surface area contributed by atoms with Crippen molar-refractivity contribution in [3.63, 3.8) is 0 Å². The lowest BCUT2D eigenvalue weighted by Gasteiger charge is -1.97. The normalized spacial score (nSPS) is 10.0. The number of pyridine rings is 2. The second kappa shape index (κ2) is 10.6. The standard InChI is InChI=1S/2C13H9N3O2/c17-16(18)10-4-5-11-9(7-10)8-13(15-11)12-3-1-2-6-14-12;14-13-7-6-12(16(17)18)9-10(13)4-5-11-3-1-2-8-15-11/h1-8,15H;1-3,6-9H,14H2. The Morgan fingerprint density at radius 1 is 0.778 bits per heavy atom. The Kier molecular flexibility index (Phi) is 6.93. The fourth-order valence-electron chi connectivity index (χ4n) is 3.23. The number of non-ortho nitro benzene ring substituents is 2. The van der Waals surface area contributed by atoms with Crippen LogP contribution in [0.25, 0.3) is 22.3 Å². The van der Waals surface area contributed by atoms with Gasteiger partial charge in [-0.2, -0.15) is 0 Å². The number of hydrogen-bond acceptors (Lipinski definition) is 7. The summed E-state index contributed by atoms with van der Waals surface area (Å²) in [5, 5.41) is 22.2. The summed E-state index contributed by atoms with van der Waals surface area (Å²) in [6.45, 7) is 0. The summed E-state index contributed by atoms with van der Waals surface area (Å²) < 4.78 is 0. The van der Waals surface area contributed by atoms with Crippen LogP contribution in [-0.2, 0) is 0 Å². The van der Waals surface area contributed by atoms with Gasteiger partial charge in [-0.05, 0) is 48.4 Å². The Morgan fingerprint density at radius 2 is 1.47 bits per heavy atom. The van der Waals surface area contributed by atoms with E-state index in [-0.39, 0.29) is 11.4 Å². The number of nitrogen functional groups attached to an aromatic ring is 1. The maximum absolute atomic E-state index is 10.7. The van der Waals surface area contributed by atoms with Gasteiger partial charge in [-0.3, -0.25) is 25.2 Å². The molecule has 3 N–H and O–H groups in total. The first-order valence-corrected chi connectivity index (χ1v) is 10.6. The molecule has 36 heavy (non-hydrogen) atoms. The number of hydrogen-bond donors (Lipinski definition) is 2. The molecule has 0 aliphatic rings. The molecule has 0 saturated carbocycles. The van der Waals surface area contributed by atoms with Crippen LogP contribution in [0.3, 0.4) is 0 Å². The number of aromatic amines is 1. The maximum Gasteiger partial charge on any atom is 0.270 e. The van der Waals surface area contributed by atoms with Crippen LogP contribution < -0.4 is 5.73 Å². The molecule has 10 heteroatoms. The quantitative estimate of drug-likeness (QED) is 0.158. The highest BCUT2D eigenvalue weighted by Crippen LogP contribution is 2.25. The number of nitrogens with zero attached hydrogens (tertiary/aromatic N) is 4. The number of nitro benzene ring substituents is 2. The number of nitrogens with one attached hydrogen (secondary N) is 1. The van der Waals surface area contributed by atoms with E-state index in [1.807, 2.05) is 30.3 Å². The average Bonchev–Trinajstić information content (AvgIpc) is 3.33. The minimum Gasteiger partial charge on any atom is -0.398 e. The molecule has 0 radical (unpaired) electrons. The van der Waals surface area contributed by atoms with Crippen molar-refractivity contribution >= 4 is 28.0 Å². The number of nitrogens with two attached hydrogens (primary N) is 1. The van der Waals surface area contributed by atoms with Crippen molar-refractivity contribution in [2.24, 2.45) is 0 Å². The smallest absolute Gasteiger partial charge is 0.270 e. The molecule has 0 unspecified atom stereocenters. The van der Waals surface area contributed by atoms with Gasteiger partial charge in [0.2, 0.25) is 0 Å². The van der Waals surface area contributed by atoms with Gasteiger partial charge >= 0.3 is 0 Å². The van der Waals surface area contributed by atoms with Crippen molar-refractivity contribution in [1.29, 1.82) is 0 Å². The molecule has 0 aliphatic carbocycles. The molecular formula is C26H18N6O4. The van der Waals surface area contributed by atoms with Crippen molar-refractivity contribution in [1.82, 2.24) is 15.0 Å². The van der Waals surface area contributed by atoms with Gasteiger partial charge in [0.25, 0.3) is 11.4 Å². The summed E-state index contributed by atoms with van der Waals surface area (Å²) in [4.78, 5) is 31.9. The van der Waals surface area contributed by atoms with E-state index in [4.69, 9.17) is 5.73 Å². The monoisotopic (exact) mass is 478 g/mol. The number of benzene rings is 2. The molecule has 2 aromatic carbocycles. The molecule has 0 aliphatic heterocycles. The van der Waals surface area contributed by atoms with Crippen LogP contribution in [0.1, 0.15) is 11.3 Å². The predicted molar refractivity (Wildman–Crippen MR) is 136 cm³/mol. The highest BCUT2D eigenvalue weighted by molar-refractivity contribution is 5.87. The summed E-state index contributed by atoms with van der Waals surface area (Å²) >= 11 is 0. The molecule has 0 amide bonds. The van der Waals surface area contributed by atoms with E-state index >= 15 is 0 Å². The molecule has 5 aromatic rings. The van der Waals surface area contributed by atoms with Crippen LogP contribution >= 0.6 is 0 Å². The molecular weight excluding hydrogens is 460 g/mol. The lowest BCUT2D eigenvalue weighted by atomic mass is 10.1. The first-order valence-electron chi connectivity index (χ1n) is 10.6. The fraction of sp³-hybridized carbons (Fsp3) is 0. The van der Waals surface area contributed by atoms with E-state index in [0.717, 1.165) is 22.3 Å². The Bertz CT molecular complexity index is 1610. The zero-order valence-electron chi connectivity index (χ0n) is 18.7. The van der Waals surface area contributed by atoms with Gasteiger partial charge in [0, 0.05) is 53.2 Å². The van der Waals surface area contributed by atoms with Crippen molar-refractivity contribution in [3.8, 4) is 23.2 Å². The molecule has 10 nitrogen and oxygen atoms in total. The average molecular weight is 478 g/mol. The first kappa shape index (κ1) is 23.6. The van der Waals surface area contributed by atoms with Gasteiger partial charge in [0.1, 0.15) is 5.69 Å². The second-order valence-electron chi connectivity index (χ2n) is 7.42. The molecule has 5 rings (SSSR count). The van der Waals surface area contributed by atoms with E-state index in [2.05, 4.69) is 26.8 Å². The van der Waals surface area contributed by atoms with Gasteiger partial charge < -0.3 is 10.7 Å². The minimum absolute atomic E-state index is 0.0329. The number of rotatable bonds is 3. The number of fused-ring (bicyclic) bond motifs is 1. The van der Waals surface area contributed by atoms with Crippen LogP contribution in [0.4, 0.5) is 17.1 Å². The van der Waals surface area contributed by atoms with Gasteiger partial charge in [-0.25, -0.2) is 4.98 Å². The molecule has 0 bridgehead atoms. The van der Waals surface area contributed by atoms with Gasteiger partial charge in [0.05, 0.1) is 26.8 Å². The lowest BCUT2D eigenvalue weighted by molar-refractivity contribution is -0.385. The number of H-pyrrole nitrogens is 1. The van der Waals surface area contributed by atoms with Crippen LogP contribution in [0.2, 0.25) is 0 Å². The van der Waals surface area contributed by atoms with E-state index in [0.29, 0.717) is 16.9 Å².